The Hall–Kier alpha value is -0.0400. The zero-order chi connectivity index (χ0) is 10.1. The Morgan fingerprint density at radius 3 is 2.43 bits per heavy atom. The maximum atomic E-state index is 5.22. The highest BCUT2D eigenvalue weighted by Crippen LogP contribution is 2.26. The van der Waals surface area contributed by atoms with E-state index in [0.717, 1.165) is 12.5 Å². The summed E-state index contributed by atoms with van der Waals surface area (Å²) in [6.45, 7) is 4.67. The second-order valence-electron chi connectivity index (χ2n) is 4.46. The Balaban J connectivity index is 1.93. The molecule has 0 heterocycles. The fraction of sp³-hybridized carbons (Fsp3) is 0.923. The highest BCUT2D eigenvalue weighted by Gasteiger charge is 2.11. The van der Waals surface area contributed by atoms with Gasteiger partial charge in [0.2, 0.25) is 0 Å². The maximum Gasteiger partial charge on any atom is 0.0805 e. The van der Waals surface area contributed by atoms with E-state index in [1.807, 2.05) is 6.92 Å². The highest BCUT2D eigenvalue weighted by atomic mass is 16.5. The van der Waals surface area contributed by atoms with Crippen molar-refractivity contribution in [3.05, 3.63) is 6.61 Å². The zero-order valence-electron chi connectivity index (χ0n) is 9.63. The molecule has 1 rings (SSSR count). The van der Waals surface area contributed by atoms with Crippen molar-refractivity contribution in [2.75, 3.05) is 6.61 Å². The fourth-order valence-corrected chi connectivity index (χ4v) is 2.39. The molecule has 1 radical (unpaired) electrons. The lowest BCUT2D eigenvalue weighted by atomic mass is 9.94. The predicted molar refractivity (Wildman–Crippen MR) is 61.0 cm³/mol. The minimum Gasteiger partial charge on any atom is -0.376 e. The normalized spacial score (nSPS) is 19.5. The van der Waals surface area contributed by atoms with E-state index in [1.165, 1.54) is 57.8 Å². The maximum absolute atomic E-state index is 5.22. The first kappa shape index (κ1) is 12.0. The third-order valence-corrected chi connectivity index (χ3v) is 3.27. The number of unbranched alkanes of at least 4 members (excludes halogenated alkanes) is 1. The smallest absolute Gasteiger partial charge is 0.0805 e. The topological polar surface area (TPSA) is 9.23 Å². The molecule has 0 aromatic rings. The van der Waals surface area contributed by atoms with Gasteiger partial charge in [-0.1, -0.05) is 51.4 Å². The zero-order valence-corrected chi connectivity index (χ0v) is 9.63. The standard InChI is InChI=1S/C13H25O/c1-2-14-12-8-7-11-13-9-5-3-4-6-10-13/h2,13H,3-12H2,1H3. The number of rotatable bonds is 6. The summed E-state index contributed by atoms with van der Waals surface area (Å²) in [5, 5.41) is 0. The summed E-state index contributed by atoms with van der Waals surface area (Å²) >= 11 is 0. The first-order chi connectivity index (χ1) is 6.93. The lowest BCUT2D eigenvalue weighted by Crippen LogP contribution is -1.99. The van der Waals surface area contributed by atoms with Crippen LogP contribution in [0.1, 0.15) is 64.7 Å². The van der Waals surface area contributed by atoms with Gasteiger partial charge in [-0.15, -0.1) is 0 Å². The molecular weight excluding hydrogens is 172 g/mol. The molecule has 0 unspecified atom stereocenters. The second-order valence-corrected chi connectivity index (χ2v) is 4.46. The van der Waals surface area contributed by atoms with Crippen LogP contribution in [0.2, 0.25) is 0 Å². The van der Waals surface area contributed by atoms with Gasteiger partial charge in [-0.25, -0.2) is 0 Å². The Bertz CT molecular complexity index is 114. The SMILES string of the molecule is C[CH]OCCCCC1CCCCCC1. The van der Waals surface area contributed by atoms with Crippen LogP contribution in [0.25, 0.3) is 0 Å². The van der Waals surface area contributed by atoms with Gasteiger partial charge in [-0.05, 0) is 19.3 Å². The molecule has 1 aliphatic carbocycles. The van der Waals surface area contributed by atoms with Crippen molar-refractivity contribution in [1.29, 1.82) is 0 Å². The molecule has 0 amide bonds. The van der Waals surface area contributed by atoms with E-state index in [1.54, 1.807) is 6.61 Å². The van der Waals surface area contributed by atoms with Gasteiger partial charge < -0.3 is 4.74 Å². The van der Waals surface area contributed by atoms with Gasteiger partial charge in [0.05, 0.1) is 6.61 Å². The summed E-state index contributed by atoms with van der Waals surface area (Å²) in [6.07, 6.45) is 12.9. The fourth-order valence-electron chi connectivity index (χ4n) is 2.39. The largest absolute Gasteiger partial charge is 0.376 e. The van der Waals surface area contributed by atoms with Crippen molar-refractivity contribution in [3.63, 3.8) is 0 Å². The Morgan fingerprint density at radius 1 is 1.07 bits per heavy atom. The highest BCUT2D eigenvalue weighted by molar-refractivity contribution is 4.64. The molecule has 1 nitrogen and oxygen atoms in total. The van der Waals surface area contributed by atoms with Crippen LogP contribution < -0.4 is 0 Å². The van der Waals surface area contributed by atoms with Crippen LogP contribution >= 0.6 is 0 Å². The van der Waals surface area contributed by atoms with Gasteiger partial charge >= 0.3 is 0 Å². The van der Waals surface area contributed by atoms with E-state index in [4.69, 9.17) is 4.74 Å². The van der Waals surface area contributed by atoms with E-state index in [9.17, 15) is 0 Å². The lowest BCUT2D eigenvalue weighted by molar-refractivity contribution is 0.195. The molecule has 1 fully saturated rings. The summed E-state index contributed by atoms with van der Waals surface area (Å²) < 4.78 is 5.22. The van der Waals surface area contributed by atoms with Gasteiger partial charge in [0.25, 0.3) is 0 Å². The Morgan fingerprint density at radius 2 is 1.79 bits per heavy atom. The molecule has 0 bridgehead atoms. The van der Waals surface area contributed by atoms with Crippen LogP contribution in [0, 0.1) is 12.5 Å². The predicted octanol–water partition coefficient (Wildman–Crippen LogP) is 4.33. The molecule has 0 spiro atoms. The Labute approximate surface area is 89.2 Å². The van der Waals surface area contributed by atoms with E-state index in [0.29, 0.717) is 0 Å². The minimum absolute atomic E-state index is 0.920. The average molecular weight is 197 g/mol. The third kappa shape index (κ3) is 5.64. The number of ether oxygens (including phenoxy) is 1. The van der Waals surface area contributed by atoms with Crippen molar-refractivity contribution in [2.24, 2.45) is 5.92 Å². The molecule has 0 atom stereocenters. The van der Waals surface area contributed by atoms with Crippen molar-refractivity contribution >= 4 is 0 Å². The number of hydrogen-bond acceptors (Lipinski definition) is 1. The Kier molecular flexibility index (Phi) is 7.12. The van der Waals surface area contributed by atoms with Crippen LogP contribution in [0.3, 0.4) is 0 Å². The first-order valence-electron chi connectivity index (χ1n) is 6.33. The molecule has 1 saturated carbocycles. The van der Waals surface area contributed by atoms with Crippen molar-refractivity contribution in [1.82, 2.24) is 0 Å². The molecule has 1 aliphatic rings. The van der Waals surface area contributed by atoms with Gasteiger partial charge in [0, 0.05) is 6.61 Å². The summed E-state index contributed by atoms with van der Waals surface area (Å²) in [6, 6.07) is 0. The first-order valence-corrected chi connectivity index (χ1v) is 6.33. The molecular formula is C13H25O. The van der Waals surface area contributed by atoms with Crippen molar-refractivity contribution in [2.45, 2.75) is 64.7 Å². The minimum atomic E-state index is 0.920. The molecule has 0 aromatic carbocycles. The summed E-state index contributed by atoms with van der Waals surface area (Å²) in [5.74, 6) is 1.03. The van der Waals surface area contributed by atoms with E-state index in [-0.39, 0.29) is 0 Å². The van der Waals surface area contributed by atoms with Crippen LogP contribution in [-0.4, -0.2) is 6.61 Å². The lowest BCUT2D eigenvalue weighted by Gasteiger charge is -2.13. The molecule has 0 aliphatic heterocycles. The monoisotopic (exact) mass is 197 g/mol. The van der Waals surface area contributed by atoms with Crippen molar-refractivity contribution < 1.29 is 4.74 Å². The van der Waals surface area contributed by atoms with E-state index >= 15 is 0 Å². The van der Waals surface area contributed by atoms with Gasteiger partial charge in [-0.2, -0.15) is 0 Å². The molecule has 14 heavy (non-hydrogen) atoms. The van der Waals surface area contributed by atoms with E-state index < -0.39 is 0 Å². The average Bonchev–Trinajstić information content (AvgIpc) is 2.46. The van der Waals surface area contributed by atoms with Crippen LogP contribution in [-0.2, 0) is 4.74 Å². The summed E-state index contributed by atoms with van der Waals surface area (Å²) in [7, 11) is 0. The molecule has 83 valence electrons. The molecule has 0 N–H and O–H groups in total. The van der Waals surface area contributed by atoms with Gasteiger partial charge in [-0.3, -0.25) is 0 Å². The van der Waals surface area contributed by atoms with E-state index in [2.05, 4.69) is 0 Å². The molecule has 1 heteroatoms. The quantitative estimate of drug-likeness (QED) is 0.455. The van der Waals surface area contributed by atoms with Crippen LogP contribution in [0.4, 0.5) is 0 Å². The summed E-state index contributed by atoms with van der Waals surface area (Å²) in [4.78, 5) is 0. The van der Waals surface area contributed by atoms with Crippen LogP contribution in [0.15, 0.2) is 0 Å². The van der Waals surface area contributed by atoms with Crippen molar-refractivity contribution in [3.8, 4) is 0 Å². The molecule has 0 saturated heterocycles. The second kappa shape index (κ2) is 8.28. The molecule has 0 aromatic heterocycles. The van der Waals surface area contributed by atoms with Gasteiger partial charge in [0.1, 0.15) is 0 Å². The van der Waals surface area contributed by atoms with Gasteiger partial charge in [0.15, 0.2) is 0 Å². The third-order valence-electron chi connectivity index (χ3n) is 3.27. The summed E-state index contributed by atoms with van der Waals surface area (Å²) in [5.41, 5.74) is 0. The van der Waals surface area contributed by atoms with Crippen LogP contribution in [0.5, 0.6) is 0 Å². The number of hydrogen-bond donors (Lipinski definition) is 0.